The molecule has 0 aliphatic carbocycles. The lowest BCUT2D eigenvalue weighted by atomic mass is 10.2. The molecule has 5 nitrogen and oxygen atoms in total. The Labute approximate surface area is 116 Å². The van der Waals surface area contributed by atoms with Gasteiger partial charge in [-0.25, -0.2) is 0 Å². The second-order valence-corrected chi connectivity index (χ2v) is 5.70. The predicted molar refractivity (Wildman–Crippen MR) is 69.5 cm³/mol. The van der Waals surface area contributed by atoms with Gasteiger partial charge in [0.2, 0.25) is 0 Å². The molecule has 1 aliphatic rings. The Kier molecular flexibility index (Phi) is 6.04. The van der Waals surface area contributed by atoms with E-state index in [1.165, 1.54) is 6.92 Å². The van der Waals surface area contributed by atoms with Gasteiger partial charge in [-0.05, 0) is 52.6 Å². The van der Waals surface area contributed by atoms with Gasteiger partial charge in [0.15, 0.2) is 0 Å². The first-order chi connectivity index (χ1) is 7.54. The molecule has 0 saturated carbocycles. The van der Waals surface area contributed by atoms with Gasteiger partial charge in [-0.1, -0.05) is 0 Å². The quantitative estimate of drug-likeness (QED) is 0.522. The zero-order chi connectivity index (χ0) is 13.8. The van der Waals surface area contributed by atoms with Crippen molar-refractivity contribution in [2.75, 3.05) is 0 Å². The lowest BCUT2D eigenvalue weighted by molar-refractivity contribution is -0.151. The van der Waals surface area contributed by atoms with Gasteiger partial charge < -0.3 is 4.74 Å². The lowest BCUT2D eigenvalue weighted by Crippen LogP contribution is -2.21. The third-order valence-corrected chi connectivity index (χ3v) is 3.31. The first-order valence-corrected chi connectivity index (χ1v) is 6.23. The summed E-state index contributed by atoms with van der Waals surface area (Å²) in [5.41, 5.74) is -0.328. The summed E-state index contributed by atoms with van der Waals surface area (Å²) in [5, 5.41) is 2.07. The number of carbonyl (C=O) groups excluding carboxylic acids is 3. The molecular formula is C10H13Br2NO4. The van der Waals surface area contributed by atoms with Gasteiger partial charge in [-0.15, -0.1) is 0 Å². The second kappa shape index (κ2) is 6.30. The minimum absolute atomic E-state index is 0.225. The Morgan fingerprint density at radius 1 is 1.12 bits per heavy atom. The Hall–Kier alpha value is -0.690. The first-order valence-electron chi connectivity index (χ1n) is 4.65. The number of amides is 2. The summed E-state index contributed by atoms with van der Waals surface area (Å²) in [6.07, 6.45) is 0. The van der Waals surface area contributed by atoms with Crippen LogP contribution < -0.4 is 5.32 Å². The van der Waals surface area contributed by atoms with Crippen LogP contribution in [0.25, 0.3) is 0 Å². The summed E-state index contributed by atoms with van der Waals surface area (Å²) in [5.74, 6) is -1.02. The molecule has 2 amide bonds. The number of nitrogens with one attached hydrogen (secondary N) is 1. The molecule has 0 atom stereocenters. The molecule has 1 N–H and O–H groups in total. The van der Waals surface area contributed by atoms with Crippen molar-refractivity contribution in [1.29, 1.82) is 0 Å². The van der Waals surface area contributed by atoms with Crippen LogP contribution in [-0.2, 0) is 19.1 Å². The first kappa shape index (κ1) is 16.3. The van der Waals surface area contributed by atoms with E-state index in [0.29, 0.717) is 0 Å². The minimum atomic E-state index is -0.396. The number of halogens is 2. The van der Waals surface area contributed by atoms with Crippen molar-refractivity contribution in [2.45, 2.75) is 33.3 Å². The second-order valence-electron chi connectivity index (χ2n) is 4.12. The molecule has 0 aromatic carbocycles. The molecule has 7 heteroatoms. The third-order valence-electron chi connectivity index (χ3n) is 1.27. The summed E-state index contributed by atoms with van der Waals surface area (Å²) >= 11 is 5.82. The van der Waals surface area contributed by atoms with Crippen molar-refractivity contribution in [2.24, 2.45) is 0 Å². The van der Waals surface area contributed by atoms with Crippen LogP contribution in [-0.4, -0.2) is 23.4 Å². The van der Waals surface area contributed by atoms with Crippen LogP contribution in [0.5, 0.6) is 0 Å². The molecule has 0 aromatic rings. The van der Waals surface area contributed by atoms with E-state index in [9.17, 15) is 14.4 Å². The number of hydrogen-bond acceptors (Lipinski definition) is 4. The van der Waals surface area contributed by atoms with Gasteiger partial charge >= 0.3 is 5.97 Å². The van der Waals surface area contributed by atoms with Gasteiger partial charge in [-0.2, -0.15) is 0 Å². The van der Waals surface area contributed by atoms with Crippen LogP contribution in [0.4, 0.5) is 0 Å². The molecule has 0 bridgehead atoms. The fourth-order valence-corrected chi connectivity index (χ4v) is 1.40. The molecule has 17 heavy (non-hydrogen) atoms. The number of esters is 1. The highest BCUT2D eigenvalue weighted by Gasteiger charge is 2.25. The summed E-state index contributed by atoms with van der Waals surface area (Å²) in [7, 11) is 0. The summed E-state index contributed by atoms with van der Waals surface area (Å²) < 4.78 is 5.31. The Morgan fingerprint density at radius 2 is 1.47 bits per heavy atom. The van der Waals surface area contributed by atoms with Crippen LogP contribution in [0.3, 0.4) is 0 Å². The van der Waals surface area contributed by atoms with Crippen molar-refractivity contribution in [3.05, 3.63) is 8.96 Å². The van der Waals surface area contributed by atoms with E-state index in [1.807, 2.05) is 20.8 Å². The highest BCUT2D eigenvalue weighted by atomic mass is 79.9. The van der Waals surface area contributed by atoms with Crippen molar-refractivity contribution in [3.8, 4) is 0 Å². The molecule has 0 unspecified atom stereocenters. The van der Waals surface area contributed by atoms with Crippen LogP contribution in [0.2, 0.25) is 0 Å². The highest BCUT2D eigenvalue weighted by molar-refractivity contribution is 9.14. The third kappa shape index (κ3) is 6.58. The van der Waals surface area contributed by atoms with E-state index in [0.717, 1.165) is 0 Å². The number of hydrogen-bond donors (Lipinski definition) is 1. The summed E-state index contributed by atoms with van der Waals surface area (Å²) in [6.45, 7) is 6.93. The topological polar surface area (TPSA) is 72.5 Å². The molecule has 1 rings (SSSR count). The average Bonchev–Trinajstić information content (AvgIpc) is 2.30. The van der Waals surface area contributed by atoms with Crippen molar-refractivity contribution >= 4 is 49.6 Å². The molecular weight excluding hydrogens is 358 g/mol. The van der Waals surface area contributed by atoms with E-state index in [4.69, 9.17) is 4.74 Å². The SMILES string of the molecule is CC(=O)OC(C)(C)C.O=C1NC(=O)C(Br)=C1Br. The number of rotatable bonds is 0. The van der Waals surface area contributed by atoms with Crippen molar-refractivity contribution in [1.82, 2.24) is 5.32 Å². The Morgan fingerprint density at radius 3 is 1.53 bits per heavy atom. The van der Waals surface area contributed by atoms with E-state index in [2.05, 4.69) is 37.2 Å². The van der Waals surface area contributed by atoms with E-state index >= 15 is 0 Å². The van der Waals surface area contributed by atoms with E-state index in [-0.39, 0.29) is 20.5 Å². The summed E-state index contributed by atoms with van der Waals surface area (Å²) in [6, 6.07) is 0. The van der Waals surface area contributed by atoms with Gasteiger partial charge in [0.1, 0.15) is 14.6 Å². The fourth-order valence-electron chi connectivity index (χ4n) is 0.843. The number of imide groups is 1. The maximum absolute atomic E-state index is 10.5. The monoisotopic (exact) mass is 369 g/mol. The molecule has 0 radical (unpaired) electrons. The molecule has 1 heterocycles. The van der Waals surface area contributed by atoms with Gasteiger partial charge in [0.05, 0.1) is 0 Å². The van der Waals surface area contributed by atoms with Crippen LogP contribution in [0, 0.1) is 0 Å². The van der Waals surface area contributed by atoms with Crippen LogP contribution >= 0.6 is 31.9 Å². The fraction of sp³-hybridized carbons (Fsp3) is 0.500. The maximum atomic E-state index is 10.5. The van der Waals surface area contributed by atoms with Gasteiger partial charge in [-0.3, -0.25) is 19.7 Å². The number of carbonyl (C=O) groups is 3. The molecule has 0 spiro atoms. The smallest absolute Gasteiger partial charge is 0.303 e. The lowest BCUT2D eigenvalue weighted by Gasteiger charge is -2.17. The Balaban J connectivity index is 0.000000304. The summed E-state index contributed by atoms with van der Waals surface area (Å²) in [4.78, 5) is 31.3. The normalized spacial score (nSPS) is 15.2. The molecule has 0 aromatic heterocycles. The Bertz CT molecular complexity index is 360. The van der Waals surface area contributed by atoms with Crippen LogP contribution in [0.1, 0.15) is 27.7 Å². The zero-order valence-electron chi connectivity index (χ0n) is 9.89. The standard InChI is InChI=1S/C6H12O2.C4HBr2NO2/c1-5(7)8-6(2,3)4;5-1-2(6)4(9)7-3(1)8/h1-4H3;(H,7,8,9). The van der Waals surface area contributed by atoms with Crippen molar-refractivity contribution in [3.63, 3.8) is 0 Å². The largest absolute Gasteiger partial charge is 0.460 e. The maximum Gasteiger partial charge on any atom is 0.303 e. The number of ether oxygens (including phenoxy) is 1. The molecule has 0 fully saturated rings. The zero-order valence-corrected chi connectivity index (χ0v) is 13.1. The van der Waals surface area contributed by atoms with Gasteiger partial charge in [0.25, 0.3) is 11.8 Å². The highest BCUT2D eigenvalue weighted by Crippen LogP contribution is 2.22. The van der Waals surface area contributed by atoms with E-state index in [1.54, 1.807) is 0 Å². The average molecular weight is 371 g/mol. The molecule has 1 aliphatic heterocycles. The molecule has 0 saturated heterocycles. The van der Waals surface area contributed by atoms with Gasteiger partial charge in [0, 0.05) is 6.92 Å². The van der Waals surface area contributed by atoms with E-state index < -0.39 is 11.8 Å². The minimum Gasteiger partial charge on any atom is -0.460 e. The van der Waals surface area contributed by atoms with Crippen molar-refractivity contribution < 1.29 is 19.1 Å². The molecule has 96 valence electrons. The van der Waals surface area contributed by atoms with Crippen LogP contribution in [0.15, 0.2) is 8.96 Å². The predicted octanol–water partition coefficient (Wildman–Crippen LogP) is 1.99.